The molecule has 5 rings (SSSR count). The van der Waals surface area contributed by atoms with E-state index in [4.69, 9.17) is 23.2 Å². The first-order valence-corrected chi connectivity index (χ1v) is 11.6. The van der Waals surface area contributed by atoms with Gasteiger partial charge in [0.25, 0.3) is 0 Å². The number of para-hydroxylation sites is 2. The average molecular weight is 444 g/mol. The Balaban J connectivity index is 1.43. The van der Waals surface area contributed by atoms with Gasteiger partial charge in [-0.25, -0.2) is 0 Å². The van der Waals surface area contributed by atoms with Gasteiger partial charge in [0.15, 0.2) is 0 Å². The molecule has 0 aromatic heterocycles. The minimum absolute atomic E-state index is 0.195. The Kier molecular flexibility index (Phi) is 5.20. The lowest BCUT2D eigenvalue weighted by Gasteiger charge is -2.43. The SMILES string of the molecule is CC1(C(=O)N2CCN(C3CC3)c3ccccc32)CCCN1Cc1cc(Cl)ccc1Cl. The normalized spacial score (nSPS) is 24.2. The van der Waals surface area contributed by atoms with Crippen LogP contribution in [-0.4, -0.2) is 42.0 Å². The molecule has 0 N–H and O–H groups in total. The summed E-state index contributed by atoms with van der Waals surface area (Å²) in [5.74, 6) is 0.195. The van der Waals surface area contributed by atoms with Crippen LogP contribution in [0.15, 0.2) is 42.5 Å². The molecule has 1 atom stereocenters. The number of nitrogens with zero attached hydrogens (tertiary/aromatic N) is 3. The van der Waals surface area contributed by atoms with Crippen molar-refractivity contribution in [2.75, 3.05) is 29.4 Å². The highest BCUT2D eigenvalue weighted by molar-refractivity contribution is 6.33. The summed E-state index contributed by atoms with van der Waals surface area (Å²) in [6.07, 6.45) is 4.38. The van der Waals surface area contributed by atoms with Crippen molar-refractivity contribution in [3.63, 3.8) is 0 Å². The number of rotatable bonds is 4. The van der Waals surface area contributed by atoms with Crippen LogP contribution >= 0.6 is 23.2 Å². The summed E-state index contributed by atoms with van der Waals surface area (Å²) in [5.41, 5.74) is 2.68. The van der Waals surface area contributed by atoms with E-state index in [-0.39, 0.29) is 5.91 Å². The van der Waals surface area contributed by atoms with Crippen molar-refractivity contribution in [3.8, 4) is 0 Å². The van der Waals surface area contributed by atoms with E-state index < -0.39 is 5.54 Å². The Morgan fingerprint density at radius 2 is 1.83 bits per heavy atom. The number of anilines is 2. The topological polar surface area (TPSA) is 26.8 Å². The number of benzene rings is 2. The van der Waals surface area contributed by atoms with Crippen molar-refractivity contribution in [1.29, 1.82) is 0 Å². The van der Waals surface area contributed by atoms with Crippen LogP contribution in [0, 0.1) is 0 Å². The second-order valence-corrected chi connectivity index (χ2v) is 9.75. The smallest absolute Gasteiger partial charge is 0.247 e. The van der Waals surface area contributed by atoms with Gasteiger partial charge in [0, 0.05) is 35.7 Å². The molecule has 2 aromatic rings. The van der Waals surface area contributed by atoms with E-state index >= 15 is 0 Å². The molecule has 0 radical (unpaired) electrons. The van der Waals surface area contributed by atoms with Gasteiger partial charge in [0.2, 0.25) is 5.91 Å². The fourth-order valence-electron chi connectivity index (χ4n) is 5.04. The minimum atomic E-state index is -0.541. The second-order valence-electron chi connectivity index (χ2n) is 8.90. The number of fused-ring (bicyclic) bond motifs is 1. The Labute approximate surface area is 188 Å². The number of halogens is 2. The van der Waals surface area contributed by atoms with Crippen LogP contribution in [0.25, 0.3) is 0 Å². The van der Waals surface area contributed by atoms with Crippen molar-refractivity contribution in [1.82, 2.24) is 4.90 Å². The summed E-state index contributed by atoms with van der Waals surface area (Å²) < 4.78 is 0. The van der Waals surface area contributed by atoms with E-state index in [2.05, 4.69) is 34.9 Å². The van der Waals surface area contributed by atoms with Crippen LogP contribution in [0.3, 0.4) is 0 Å². The summed E-state index contributed by atoms with van der Waals surface area (Å²) in [5, 5.41) is 1.37. The molecule has 1 amide bonds. The third kappa shape index (κ3) is 3.49. The molecule has 6 heteroatoms. The standard InChI is InChI=1S/C24H27Cl2N3O/c1-24(11-4-12-27(24)16-17-15-18(25)7-10-20(17)26)23(30)29-14-13-28(19-8-9-19)21-5-2-3-6-22(21)29/h2-3,5-7,10,15,19H,4,8-9,11-14,16H2,1H3. The number of likely N-dealkylation sites (tertiary alicyclic amines) is 1. The summed E-state index contributed by atoms with van der Waals surface area (Å²) in [6.45, 7) is 5.26. The van der Waals surface area contributed by atoms with Gasteiger partial charge in [-0.2, -0.15) is 0 Å². The number of carbonyl (C=O) groups excluding carboxylic acids is 1. The first kappa shape index (κ1) is 20.2. The number of carbonyl (C=O) groups is 1. The molecule has 158 valence electrons. The Bertz CT molecular complexity index is 977. The highest BCUT2D eigenvalue weighted by Crippen LogP contribution is 2.42. The van der Waals surface area contributed by atoms with Crippen LogP contribution in [0.2, 0.25) is 10.0 Å². The quantitative estimate of drug-likeness (QED) is 0.635. The maximum Gasteiger partial charge on any atom is 0.247 e. The van der Waals surface area contributed by atoms with Crippen molar-refractivity contribution in [2.45, 2.75) is 50.7 Å². The van der Waals surface area contributed by atoms with Gasteiger partial charge < -0.3 is 9.80 Å². The molecule has 1 saturated heterocycles. The monoisotopic (exact) mass is 443 g/mol. The van der Waals surface area contributed by atoms with E-state index in [0.717, 1.165) is 43.7 Å². The molecule has 4 nitrogen and oxygen atoms in total. The second kappa shape index (κ2) is 7.74. The van der Waals surface area contributed by atoms with Gasteiger partial charge in [-0.15, -0.1) is 0 Å². The van der Waals surface area contributed by atoms with Gasteiger partial charge in [-0.1, -0.05) is 35.3 Å². The lowest BCUT2D eigenvalue weighted by Crippen LogP contribution is -2.57. The molecule has 1 saturated carbocycles. The first-order chi connectivity index (χ1) is 14.5. The number of hydrogen-bond donors (Lipinski definition) is 0. The van der Waals surface area contributed by atoms with Crippen LogP contribution in [0.5, 0.6) is 0 Å². The van der Waals surface area contributed by atoms with E-state index in [1.54, 1.807) is 6.07 Å². The predicted octanol–water partition coefficient (Wildman–Crippen LogP) is 5.36. The van der Waals surface area contributed by atoms with Crippen molar-refractivity contribution in [2.24, 2.45) is 0 Å². The zero-order valence-electron chi connectivity index (χ0n) is 17.3. The largest absolute Gasteiger partial charge is 0.365 e. The molecular formula is C24H27Cl2N3O. The minimum Gasteiger partial charge on any atom is -0.365 e. The fraction of sp³-hybridized carbons (Fsp3) is 0.458. The molecule has 30 heavy (non-hydrogen) atoms. The molecule has 1 unspecified atom stereocenters. The van der Waals surface area contributed by atoms with E-state index in [1.165, 1.54) is 18.5 Å². The maximum atomic E-state index is 13.9. The van der Waals surface area contributed by atoms with Crippen LogP contribution < -0.4 is 9.80 Å². The molecule has 3 aliphatic rings. The highest BCUT2D eigenvalue weighted by Gasteiger charge is 2.47. The Morgan fingerprint density at radius 1 is 1.07 bits per heavy atom. The van der Waals surface area contributed by atoms with Crippen LogP contribution in [-0.2, 0) is 11.3 Å². The fourth-order valence-corrected chi connectivity index (χ4v) is 5.41. The average Bonchev–Trinajstić information content (AvgIpc) is 3.53. The summed E-state index contributed by atoms with van der Waals surface area (Å²) in [4.78, 5) is 20.7. The van der Waals surface area contributed by atoms with Gasteiger partial charge in [-0.3, -0.25) is 9.69 Å². The molecule has 2 fully saturated rings. The summed E-state index contributed by atoms with van der Waals surface area (Å²) in [6, 6.07) is 14.6. The molecule has 0 spiro atoms. The van der Waals surface area contributed by atoms with Gasteiger partial charge in [-0.05, 0) is 75.0 Å². The van der Waals surface area contributed by atoms with Crippen molar-refractivity contribution >= 4 is 40.5 Å². The summed E-state index contributed by atoms with van der Waals surface area (Å²) in [7, 11) is 0. The van der Waals surface area contributed by atoms with E-state index in [0.29, 0.717) is 22.6 Å². The van der Waals surface area contributed by atoms with Gasteiger partial charge in [0.05, 0.1) is 16.9 Å². The van der Waals surface area contributed by atoms with Gasteiger partial charge in [0.1, 0.15) is 0 Å². The van der Waals surface area contributed by atoms with Gasteiger partial charge >= 0.3 is 0 Å². The van der Waals surface area contributed by atoms with Crippen molar-refractivity contribution < 1.29 is 4.79 Å². The third-order valence-corrected chi connectivity index (χ3v) is 7.50. The molecule has 0 bridgehead atoms. The third-order valence-electron chi connectivity index (χ3n) is 6.90. The zero-order chi connectivity index (χ0) is 20.9. The Hall–Kier alpha value is -1.75. The van der Waals surface area contributed by atoms with E-state index in [9.17, 15) is 4.79 Å². The van der Waals surface area contributed by atoms with Crippen molar-refractivity contribution in [3.05, 3.63) is 58.1 Å². The predicted molar refractivity (Wildman–Crippen MR) is 124 cm³/mol. The number of hydrogen-bond acceptors (Lipinski definition) is 3. The van der Waals surface area contributed by atoms with Crippen LogP contribution in [0.1, 0.15) is 38.2 Å². The molecule has 2 aromatic carbocycles. The highest BCUT2D eigenvalue weighted by atomic mass is 35.5. The zero-order valence-corrected chi connectivity index (χ0v) is 18.8. The molecule has 2 heterocycles. The van der Waals surface area contributed by atoms with E-state index in [1.807, 2.05) is 23.1 Å². The lowest BCUT2D eigenvalue weighted by molar-refractivity contribution is -0.128. The maximum absolute atomic E-state index is 13.9. The first-order valence-electron chi connectivity index (χ1n) is 10.8. The molecule has 1 aliphatic carbocycles. The Morgan fingerprint density at radius 3 is 2.60 bits per heavy atom. The molecular weight excluding hydrogens is 417 g/mol. The van der Waals surface area contributed by atoms with Crippen LogP contribution in [0.4, 0.5) is 11.4 Å². The summed E-state index contributed by atoms with van der Waals surface area (Å²) >= 11 is 12.6. The lowest BCUT2D eigenvalue weighted by atomic mass is 9.95. The number of amides is 1. The molecule has 2 aliphatic heterocycles.